The third kappa shape index (κ3) is 2.19. The molecule has 0 spiro atoms. The molecule has 0 aliphatic carbocycles. The van der Waals surface area contributed by atoms with Crippen molar-refractivity contribution in [2.45, 2.75) is 6.54 Å². The smallest absolute Gasteiger partial charge is 0.162 e. The van der Waals surface area contributed by atoms with Gasteiger partial charge < -0.3 is 14.8 Å². The summed E-state index contributed by atoms with van der Waals surface area (Å²) in [4.78, 5) is 0. The number of likely N-dealkylation sites (N-methyl/N-ethyl adjacent to an activating group) is 1. The lowest BCUT2D eigenvalue weighted by Gasteiger charge is -2.08. The lowest BCUT2D eigenvalue weighted by molar-refractivity contribution is 0.355. The summed E-state index contributed by atoms with van der Waals surface area (Å²) >= 11 is 0. The highest BCUT2D eigenvalue weighted by atomic mass is 16.5. The van der Waals surface area contributed by atoms with Crippen LogP contribution >= 0.6 is 0 Å². The molecule has 0 aliphatic rings. The normalized spacial score (nSPS) is 10.8. The quantitative estimate of drug-likeness (QED) is 0.848. The molecule has 92 valence electrons. The van der Waals surface area contributed by atoms with Gasteiger partial charge in [0.25, 0.3) is 0 Å². The molecule has 17 heavy (non-hydrogen) atoms. The topological polar surface area (TPSA) is 48.3 Å². The minimum Gasteiger partial charge on any atom is -0.493 e. The number of fused-ring (bicyclic) bond motifs is 1. The van der Waals surface area contributed by atoms with E-state index < -0.39 is 0 Å². The number of ether oxygens (including phenoxy) is 2. The average Bonchev–Trinajstić information content (AvgIpc) is 2.76. The van der Waals surface area contributed by atoms with Gasteiger partial charge in [-0.3, -0.25) is 4.68 Å². The van der Waals surface area contributed by atoms with Crippen LogP contribution in [-0.4, -0.2) is 37.6 Å². The monoisotopic (exact) mass is 235 g/mol. The van der Waals surface area contributed by atoms with Gasteiger partial charge in [-0.25, -0.2) is 0 Å². The molecular formula is C12H17N3O2. The van der Waals surface area contributed by atoms with E-state index in [1.54, 1.807) is 14.2 Å². The Bertz CT molecular complexity index is 508. The number of aromatic nitrogens is 2. The first-order valence-electron chi connectivity index (χ1n) is 5.52. The predicted octanol–water partition coefficient (Wildman–Crippen LogP) is 1.27. The van der Waals surface area contributed by atoms with E-state index in [1.807, 2.05) is 30.1 Å². The molecule has 0 amide bonds. The highest BCUT2D eigenvalue weighted by molar-refractivity contribution is 5.82. The standard InChI is InChI=1S/C12H17N3O2/c1-13-4-5-15-10-7-12(17-3)11(16-2)6-9(10)8-14-15/h6-8,13H,4-5H2,1-3H3. The minimum atomic E-state index is 0.728. The number of hydrogen-bond donors (Lipinski definition) is 1. The van der Waals surface area contributed by atoms with E-state index in [0.717, 1.165) is 35.5 Å². The molecule has 5 nitrogen and oxygen atoms in total. The lowest BCUT2D eigenvalue weighted by atomic mass is 10.2. The highest BCUT2D eigenvalue weighted by Gasteiger charge is 2.09. The number of nitrogens with zero attached hydrogens (tertiary/aromatic N) is 2. The Labute approximate surface area is 100 Å². The number of methoxy groups -OCH3 is 2. The first-order chi connectivity index (χ1) is 8.30. The van der Waals surface area contributed by atoms with Crippen molar-refractivity contribution in [1.82, 2.24) is 15.1 Å². The minimum absolute atomic E-state index is 0.728. The van der Waals surface area contributed by atoms with Crippen LogP contribution in [0, 0.1) is 0 Å². The van der Waals surface area contributed by atoms with Gasteiger partial charge in [0, 0.05) is 18.0 Å². The van der Waals surface area contributed by atoms with Crippen LogP contribution in [0.3, 0.4) is 0 Å². The maximum absolute atomic E-state index is 5.29. The van der Waals surface area contributed by atoms with Gasteiger partial charge in [0.05, 0.1) is 32.5 Å². The van der Waals surface area contributed by atoms with E-state index in [0.29, 0.717) is 0 Å². The first kappa shape index (κ1) is 11.7. The molecular weight excluding hydrogens is 218 g/mol. The number of hydrogen-bond acceptors (Lipinski definition) is 4. The summed E-state index contributed by atoms with van der Waals surface area (Å²) in [5, 5.41) is 8.51. The fourth-order valence-electron chi connectivity index (χ4n) is 1.80. The van der Waals surface area contributed by atoms with Crippen LogP contribution in [0.1, 0.15) is 0 Å². The molecule has 2 aromatic rings. The van der Waals surface area contributed by atoms with Crippen molar-refractivity contribution < 1.29 is 9.47 Å². The van der Waals surface area contributed by atoms with E-state index in [-0.39, 0.29) is 0 Å². The first-order valence-corrected chi connectivity index (χ1v) is 5.52. The Kier molecular flexibility index (Phi) is 3.49. The fraction of sp³-hybridized carbons (Fsp3) is 0.417. The second-order valence-electron chi connectivity index (χ2n) is 3.74. The van der Waals surface area contributed by atoms with E-state index >= 15 is 0 Å². The Morgan fingerprint density at radius 2 is 1.94 bits per heavy atom. The van der Waals surface area contributed by atoms with Crippen LogP contribution in [0.5, 0.6) is 11.5 Å². The van der Waals surface area contributed by atoms with Crippen molar-refractivity contribution >= 4 is 10.9 Å². The van der Waals surface area contributed by atoms with Crippen LogP contribution < -0.4 is 14.8 Å². The molecule has 0 radical (unpaired) electrons. The Morgan fingerprint density at radius 1 is 1.24 bits per heavy atom. The summed E-state index contributed by atoms with van der Waals surface area (Å²) in [5.74, 6) is 1.46. The van der Waals surface area contributed by atoms with Gasteiger partial charge in [-0.05, 0) is 13.1 Å². The summed E-state index contributed by atoms with van der Waals surface area (Å²) < 4.78 is 12.5. The molecule has 0 unspecified atom stereocenters. The molecule has 0 bridgehead atoms. The van der Waals surface area contributed by atoms with Crippen LogP contribution in [0.2, 0.25) is 0 Å². The molecule has 1 aromatic carbocycles. The van der Waals surface area contributed by atoms with E-state index in [9.17, 15) is 0 Å². The van der Waals surface area contributed by atoms with Crippen molar-refractivity contribution in [1.29, 1.82) is 0 Å². The van der Waals surface area contributed by atoms with E-state index in [2.05, 4.69) is 10.4 Å². The Balaban J connectivity index is 2.45. The summed E-state index contributed by atoms with van der Waals surface area (Å²) in [7, 11) is 5.20. The Morgan fingerprint density at radius 3 is 2.59 bits per heavy atom. The molecule has 1 N–H and O–H groups in total. The second kappa shape index (κ2) is 5.05. The molecule has 0 saturated carbocycles. The summed E-state index contributed by atoms with van der Waals surface area (Å²) in [6.45, 7) is 1.71. The lowest BCUT2D eigenvalue weighted by Crippen LogP contribution is -2.15. The van der Waals surface area contributed by atoms with Gasteiger partial charge >= 0.3 is 0 Å². The maximum Gasteiger partial charge on any atom is 0.162 e. The zero-order valence-electron chi connectivity index (χ0n) is 10.4. The molecule has 0 aliphatic heterocycles. The zero-order valence-corrected chi connectivity index (χ0v) is 10.4. The molecule has 1 heterocycles. The van der Waals surface area contributed by atoms with Crippen LogP contribution in [0.25, 0.3) is 10.9 Å². The highest BCUT2D eigenvalue weighted by Crippen LogP contribution is 2.31. The average molecular weight is 235 g/mol. The molecule has 0 atom stereocenters. The SMILES string of the molecule is CNCCn1ncc2cc(OC)c(OC)cc21. The second-order valence-corrected chi connectivity index (χ2v) is 3.74. The number of benzene rings is 1. The van der Waals surface area contributed by atoms with E-state index in [1.165, 1.54) is 0 Å². The number of rotatable bonds is 5. The molecule has 2 rings (SSSR count). The van der Waals surface area contributed by atoms with Crippen LogP contribution in [0.15, 0.2) is 18.3 Å². The van der Waals surface area contributed by atoms with Gasteiger partial charge in [-0.1, -0.05) is 0 Å². The Hall–Kier alpha value is -1.75. The molecule has 0 saturated heterocycles. The van der Waals surface area contributed by atoms with Gasteiger partial charge in [-0.2, -0.15) is 5.10 Å². The van der Waals surface area contributed by atoms with Gasteiger partial charge in [-0.15, -0.1) is 0 Å². The predicted molar refractivity (Wildman–Crippen MR) is 66.8 cm³/mol. The molecule has 0 fully saturated rings. The third-order valence-electron chi connectivity index (χ3n) is 2.72. The summed E-state index contributed by atoms with van der Waals surface area (Å²) in [6, 6.07) is 3.90. The molecule has 5 heteroatoms. The van der Waals surface area contributed by atoms with Crippen molar-refractivity contribution in [3.8, 4) is 11.5 Å². The van der Waals surface area contributed by atoms with E-state index in [4.69, 9.17) is 9.47 Å². The number of nitrogens with one attached hydrogen (secondary N) is 1. The van der Waals surface area contributed by atoms with Crippen molar-refractivity contribution in [2.24, 2.45) is 0 Å². The van der Waals surface area contributed by atoms with Gasteiger partial charge in [0.15, 0.2) is 11.5 Å². The van der Waals surface area contributed by atoms with Crippen LogP contribution in [0.4, 0.5) is 0 Å². The zero-order chi connectivity index (χ0) is 12.3. The molecule has 1 aromatic heterocycles. The third-order valence-corrected chi connectivity index (χ3v) is 2.72. The van der Waals surface area contributed by atoms with Gasteiger partial charge in [0.2, 0.25) is 0 Å². The maximum atomic E-state index is 5.29. The fourth-order valence-corrected chi connectivity index (χ4v) is 1.80. The van der Waals surface area contributed by atoms with Crippen LogP contribution in [-0.2, 0) is 6.54 Å². The summed E-state index contributed by atoms with van der Waals surface area (Å²) in [6.07, 6.45) is 1.84. The van der Waals surface area contributed by atoms with Gasteiger partial charge in [0.1, 0.15) is 0 Å². The largest absolute Gasteiger partial charge is 0.493 e. The van der Waals surface area contributed by atoms with Crippen molar-refractivity contribution in [3.05, 3.63) is 18.3 Å². The summed E-state index contributed by atoms with van der Waals surface area (Å²) in [5.41, 5.74) is 1.05. The van der Waals surface area contributed by atoms with Crippen molar-refractivity contribution in [2.75, 3.05) is 27.8 Å². The van der Waals surface area contributed by atoms with Crippen molar-refractivity contribution in [3.63, 3.8) is 0 Å².